The minimum Gasteiger partial charge on any atom is -0.395 e. The van der Waals surface area contributed by atoms with Crippen LogP contribution in [0.1, 0.15) is 18.9 Å². The normalized spacial score (nSPS) is 18.9. The van der Waals surface area contributed by atoms with Crippen LogP contribution < -0.4 is 0 Å². The first-order chi connectivity index (χ1) is 10.1. The van der Waals surface area contributed by atoms with E-state index in [0.29, 0.717) is 16.1 Å². The number of nitrogens with zero attached hydrogens (tertiary/aromatic N) is 2. The molecule has 1 aliphatic heterocycles. The molecule has 0 spiro atoms. The molecule has 3 nitrogen and oxygen atoms in total. The second kappa shape index (κ2) is 8.35. The molecule has 1 saturated heterocycles. The van der Waals surface area contributed by atoms with Gasteiger partial charge in [0.1, 0.15) is 0 Å². The maximum atomic E-state index is 9.37. The molecule has 1 unspecified atom stereocenters. The molecule has 0 bridgehead atoms. The third-order valence-corrected chi connectivity index (χ3v) is 4.68. The van der Waals surface area contributed by atoms with Crippen LogP contribution in [0.4, 0.5) is 0 Å². The highest BCUT2D eigenvalue weighted by Crippen LogP contribution is 2.19. The van der Waals surface area contributed by atoms with E-state index in [9.17, 15) is 5.11 Å². The van der Waals surface area contributed by atoms with Crippen molar-refractivity contribution in [3.8, 4) is 0 Å². The molecule has 2 rings (SSSR count). The fraction of sp³-hybridized carbons (Fsp3) is 0.625. The van der Waals surface area contributed by atoms with E-state index in [-0.39, 0.29) is 6.61 Å². The lowest BCUT2D eigenvalue weighted by atomic mass is 10.1. The molecule has 1 fully saturated rings. The van der Waals surface area contributed by atoms with Gasteiger partial charge in [0.25, 0.3) is 0 Å². The maximum absolute atomic E-state index is 9.37. The molecule has 1 N–H and O–H groups in total. The van der Waals surface area contributed by atoms with Gasteiger partial charge < -0.3 is 10.0 Å². The zero-order chi connectivity index (χ0) is 15.2. The molecule has 0 saturated carbocycles. The zero-order valence-corrected chi connectivity index (χ0v) is 14.1. The first-order valence-electron chi connectivity index (χ1n) is 7.64. The first kappa shape index (κ1) is 17.0. The summed E-state index contributed by atoms with van der Waals surface area (Å²) in [5.74, 6) is 0. The highest BCUT2D eigenvalue weighted by atomic mass is 35.5. The Morgan fingerprint density at radius 2 is 1.71 bits per heavy atom. The monoisotopic (exact) mass is 330 g/mol. The van der Waals surface area contributed by atoms with Crippen LogP contribution in [0.3, 0.4) is 0 Å². The van der Waals surface area contributed by atoms with Crippen LogP contribution in [0.15, 0.2) is 18.2 Å². The Morgan fingerprint density at radius 1 is 1.10 bits per heavy atom. The van der Waals surface area contributed by atoms with Gasteiger partial charge in [-0.15, -0.1) is 0 Å². The molecule has 1 aromatic carbocycles. The summed E-state index contributed by atoms with van der Waals surface area (Å²) in [5.41, 5.74) is 1.19. The van der Waals surface area contributed by atoms with E-state index in [4.69, 9.17) is 23.2 Å². The van der Waals surface area contributed by atoms with Gasteiger partial charge in [0.2, 0.25) is 0 Å². The average molecular weight is 331 g/mol. The standard InChI is InChI=1S/C16H24Cl2N2O/c1-2-16(12-21)20-7-5-19(6-8-20)4-3-13-9-14(17)11-15(18)10-13/h9-11,16,21H,2-8,12H2,1H3. The molecule has 0 aromatic heterocycles. The Hall–Kier alpha value is -0.320. The molecule has 0 radical (unpaired) electrons. The highest BCUT2D eigenvalue weighted by Gasteiger charge is 2.21. The summed E-state index contributed by atoms with van der Waals surface area (Å²) in [7, 11) is 0. The average Bonchev–Trinajstić information content (AvgIpc) is 2.47. The lowest BCUT2D eigenvalue weighted by Gasteiger charge is -2.38. The van der Waals surface area contributed by atoms with Crippen LogP contribution in [-0.4, -0.2) is 60.3 Å². The Morgan fingerprint density at radius 3 is 2.24 bits per heavy atom. The Bertz CT molecular complexity index is 424. The minimum absolute atomic E-state index is 0.261. The lowest BCUT2D eigenvalue weighted by molar-refractivity contribution is 0.0641. The maximum Gasteiger partial charge on any atom is 0.0586 e. The van der Waals surface area contributed by atoms with Gasteiger partial charge in [0.15, 0.2) is 0 Å². The number of aliphatic hydroxyl groups is 1. The molecule has 1 aromatic rings. The van der Waals surface area contributed by atoms with Crippen LogP contribution in [0.2, 0.25) is 10.0 Å². The Labute approximate surface area is 137 Å². The van der Waals surface area contributed by atoms with E-state index in [1.54, 1.807) is 6.07 Å². The van der Waals surface area contributed by atoms with Gasteiger partial charge in [-0.3, -0.25) is 4.90 Å². The van der Waals surface area contributed by atoms with Crippen LogP contribution in [-0.2, 0) is 6.42 Å². The molecule has 1 heterocycles. The first-order valence-corrected chi connectivity index (χ1v) is 8.40. The summed E-state index contributed by atoms with van der Waals surface area (Å²) in [6.45, 7) is 7.62. The Balaban J connectivity index is 1.78. The summed E-state index contributed by atoms with van der Waals surface area (Å²) < 4.78 is 0. The number of benzene rings is 1. The number of hydrogen-bond acceptors (Lipinski definition) is 3. The lowest BCUT2D eigenvalue weighted by Crippen LogP contribution is -2.51. The zero-order valence-electron chi connectivity index (χ0n) is 12.6. The number of rotatable bonds is 6. The smallest absolute Gasteiger partial charge is 0.0586 e. The molecule has 0 aliphatic carbocycles. The molecule has 118 valence electrons. The number of aliphatic hydroxyl groups excluding tert-OH is 1. The topological polar surface area (TPSA) is 26.7 Å². The van der Waals surface area contributed by atoms with Gasteiger partial charge in [0, 0.05) is 48.8 Å². The van der Waals surface area contributed by atoms with E-state index in [1.165, 1.54) is 5.56 Å². The highest BCUT2D eigenvalue weighted by molar-refractivity contribution is 6.34. The van der Waals surface area contributed by atoms with Gasteiger partial charge in [-0.1, -0.05) is 30.1 Å². The van der Waals surface area contributed by atoms with Crippen LogP contribution >= 0.6 is 23.2 Å². The van der Waals surface area contributed by atoms with E-state index in [2.05, 4.69) is 16.7 Å². The van der Waals surface area contributed by atoms with Crippen LogP contribution in [0.5, 0.6) is 0 Å². The summed E-state index contributed by atoms with van der Waals surface area (Å²) in [6, 6.07) is 6.06. The van der Waals surface area contributed by atoms with E-state index >= 15 is 0 Å². The molecule has 5 heteroatoms. The number of hydrogen-bond donors (Lipinski definition) is 1. The molecular weight excluding hydrogens is 307 g/mol. The van der Waals surface area contributed by atoms with Crippen molar-refractivity contribution < 1.29 is 5.11 Å². The Kier molecular flexibility index (Phi) is 6.77. The van der Waals surface area contributed by atoms with Crippen molar-refractivity contribution in [1.82, 2.24) is 9.80 Å². The van der Waals surface area contributed by atoms with Crippen LogP contribution in [0, 0.1) is 0 Å². The fourth-order valence-corrected chi connectivity index (χ4v) is 3.47. The SMILES string of the molecule is CCC(CO)N1CCN(CCc2cc(Cl)cc(Cl)c2)CC1. The third-order valence-electron chi connectivity index (χ3n) is 4.24. The van der Waals surface area contributed by atoms with E-state index in [0.717, 1.165) is 45.6 Å². The van der Waals surface area contributed by atoms with Gasteiger partial charge in [-0.2, -0.15) is 0 Å². The minimum atomic E-state index is 0.261. The number of piperazine rings is 1. The van der Waals surface area contributed by atoms with Crippen molar-refractivity contribution in [3.63, 3.8) is 0 Å². The van der Waals surface area contributed by atoms with Crippen molar-refractivity contribution in [3.05, 3.63) is 33.8 Å². The summed E-state index contributed by atoms with van der Waals surface area (Å²) in [5, 5.41) is 10.8. The van der Waals surface area contributed by atoms with E-state index < -0.39 is 0 Å². The van der Waals surface area contributed by atoms with Crippen molar-refractivity contribution in [2.45, 2.75) is 25.8 Å². The molecule has 21 heavy (non-hydrogen) atoms. The van der Waals surface area contributed by atoms with Gasteiger partial charge >= 0.3 is 0 Å². The van der Waals surface area contributed by atoms with Crippen molar-refractivity contribution >= 4 is 23.2 Å². The second-order valence-electron chi connectivity index (χ2n) is 5.65. The van der Waals surface area contributed by atoms with Gasteiger partial charge in [-0.25, -0.2) is 0 Å². The third kappa shape index (κ3) is 5.11. The molecule has 1 aliphatic rings. The largest absolute Gasteiger partial charge is 0.395 e. The van der Waals surface area contributed by atoms with Crippen molar-refractivity contribution in [2.24, 2.45) is 0 Å². The van der Waals surface area contributed by atoms with Gasteiger partial charge in [-0.05, 0) is 36.6 Å². The summed E-state index contributed by atoms with van der Waals surface area (Å²) >= 11 is 12.1. The van der Waals surface area contributed by atoms with Crippen LogP contribution in [0.25, 0.3) is 0 Å². The molecule has 0 amide bonds. The molecule has 1 atom stereocenters. The molecular formula is C16H24Cl2N2O. The van der Waals surface area contributed by atoms with Crippen molar-refractivity contribution in [2.75, 3.05) is 39.3 Å². The predicted octanol–water partition coefficient (Wildman–Crippen LogP) is 2.92. The fourth-order valence-electron chi connectivity index (χ4n) is 2.90. The quantitative estimate of drug-likeness (QED) is 0.868. The second-order valence-corrected chi connectivity index (χ2v) is 6.52. The van der Waals surface area contributed by atoms with E-state index in [1.807, 2.05) is 12.1 Å². The summed E-state index contributed by atoms with van der Waals surface area (Å²) in [4.78, 5) is 4.86. The predicted molar refractivity (Wildman–Crippen MR) is 89.3 cm³/mol. The van der Waals surface area contributed by atoms with Gasteiger partial charge in [0.05, 0.1) is 6.61 Å². The number of halogens is 2. The van der Waals surface area contributed by atoms with Crippen molar-refractivity contribution in [1.29, 1.82) is 0 Å². The summed E-state index contributed by atoms with van der Waals surface area (Å²) in [6.07, 6.45) is 1.98.